The van der Waals surface area contributed by atoms with Crippen LogP contribution in [0.4, 0.5) is 0 Å². The fourth-order valence-electron chi connectivity index (χ4n) is 2.73. The molecule has 1 heterocycles. The number of aromatic nitrogens is 2. The number of carbonyl (C=O) groups is 1. The standard InChI is InChI=1S/C15H18N2O2/c1-2-4-14-16-12-9-10(15(18)19)7-8-13(12)17(14)11-5-3-6-11/h7-9,11H,2-6H2,1H3,(H,18,19). The Morgan fingerprint density at radius 3 is 2.84 bits per heavy atom. The second-order valence-electron chi connectivity index (χ2n) is 5.24. The second kappa shape index (κ2) is 4.68. The van der Waals surface area contributed by atoms with Crippen LogP contribution in [0.1, 0.15) is 54.8 Å². The van der Waals surface area contributed by atoms with E-state index >= 15 is 0 Å². The normalized spacial score (nSPS) is 15.6. The molecule has 0 aliphatic heterocycles. The van der Waals surface area contributed by atoms with Gasteiger partial charge in [-0.3, -0.25) is 0 Å². The molecule has 3 rings (SSSR count). The smallest absolute Gasteiger partial charge is 0.335 e. The van der Waals surface area contributed by atoms with Crippen LogP contribution < -0.4 is 0 Å². The van der Waals surface area contributed by atoms with Gasteiger partial charge in [0.15, 0.2) is 0 Å². The van der Waals surface area contributed by atoms with Crippen molar-refractivity contribution in [1.82, 2.24) is 9.55 Å². The van der Waals surface area contributed by atoms with Crippen molar-refractivity contribution < 1.29 is 9.90 Å². The van der Waals surface area contributed by atoms with Gasteiger partial charge in [-0.05, 0) is 43.9 Å². The van der Waals surface area contributed by atoms with Gasteiger partial charge in [-0.2, -0.15) is 0 Å². The Labute approximate surface area is 112 Å². The number of carboxylic acid groups (broad SMARTS) is 1. The topological polar surface area (TPSA) is 55.1 Å². The second-order valence-corrected chi connectivity index (χ2v) is 5.24. The van der Waals surface area contributed by atoms with Crippen LogP contribution in [0.3, 0.4) is 0 Å². The molecule has 0 spiro atoms. The third-order valence-electron chi connectivity index (χ3n) is 3.92. The minimum absolute atomic E-state index is 0.314. The molecule has 1 aromatic heterocycles. The molecule has 0 unspecified atom stereocenters. The van der Waals surface area contributed by atoms with Gasteiger partial charge in [-0.15, -0.1) is 0 Å². The average Bonchev–Trinajstić information content (AvgIpc) is 2.66. The number of hydrogen-bond donors (Lipinski definition) is 1. The van der Waals surface area contributed by atoms with Gasteiger partial charge in [-0.25, -0.2) is 9.78 Å². The zero-order valence-corrected chi connectivity index (χ0v) is 11.1. The Bertz CT molecular complexity index is 626. The van der Waals surface area contributed by atoms with Gasteiger partial charge in [0.1, 0.15) is 5.82 Å². The van der Waals surface area contributed by atoms with Crippen molar-refractivity contribution in [3.05, 3.63) is 29.6 Å². The molecule has 1 N–H and O–H groups in total. The average molecular weight is 258 g/mol. The van der Waals surface area contributed by atoms with E-state index in [9.17, 15) is 4.79 Å². The van der Waals surface area contributed by atoms with Gasteiger partial charge < -0.3 is 9.67 Å². The summed E-state index contributed by atoms with van der Waals surface area (Å²) < 4.78 is 2.33. The maximum absolute atomic E-state index is 11.0. The van der Waals surface area contributed by atoms with Crippen molar-refractivity contribution >= 4 is 17.0 Å². The lowest BCUT2D eigenvalue weighted by atomic mass is 9.92. The minimum atomic E-state index is -0.892. The van der Waals surface area contributed by atoms with Crippen LogP contribution in [0, 0.1) is 0 Å². The quantitative estimate of drug-likeness (QED) is 0.914. The maximum atomic E-state index is 11.0. The summed E-state index contributed by atoms with van der Waals surface area (Å²) in [4.78, 5) is 15.7. The van der Waals surface area contributed by atoms with Gasteiger partial charge in [0.2, 0.25) is 0 Å². The van der Waals surface area contributed by atoms with Gasteiger partial charge in [-0.1, -0.05) is 6.92 Å². The number of rotatable bonds is 4. The molecule has 0 saturated heterocycles. The highest BCUT2D eigenvalue weighted by atomic mass is 16.4. The summed E-state index contributed by atoms with van der Waals surface area (Å²) >= 11 is 0. The SMILES string of the molecule is CCCc1nc2cc(C(=O)O)ccc2n1C1CCC1. The molecule has 0 atom stereocenters. The zero-order valence-electron chi connectivity index (χ0n) is 11.1. The lowest BCUT2D eigenvalue weighted by Crippen LogP contribution is -2.19. The zero-order chi connectivity index (χ0) is 13.4. The Hall–Kier alpha value is -1.84. The molecule has 2 aromatic rings. The van der Waals surface area contributed by atoms with E-state index in [2.05, 4.69) is 16.5 Å². The van der Waals surface area contributed by atoms with Crippen LogP contribution in [-0.2, 0) is 6.42 Å². The molecular formula is C15H18N2O2. The number of aromatic carboxylic acids is 1. The van der Waals surface area contributed by atoms with Gasteiger partial charge >= 0.3 is 5.97 Å². The fraction of sp³-hybridized carbons (Fsp3) is 0.467. The molecule has 0 radical (unpaired) electrons. The molecule has 0 amide bonds. The van der Waals surface area contributed by atoms with Gasteiger partial charge in [0, 0.05) is 12.5 Å². The highest BCUT2D eigenvalue weighted by Crippen LogP contribution is 2.36. The Morgan fingerprint density at radius 2 is 2.26 bits per heavy atom. The Morgan fingerprint density at radius 1 is 1.47 bits per heavy atom. The number of benzene rings is 1. The molecule has 1 aliphatic carbocycles. The van der Waals surface area contributed by atoms with Crippen LogP contribution in [0.15, 0.2) is 18.2 Å². The van der Waals surface area contributed by atoms with Gasteiger partial charge in [0.05, 0.1) is 16.6 Å². The highest BCUT2D eigenvalue weighted by Gasteiger charge is 2.24. The molecular weight excluding hydrogens is 240 g/mol. The molecule has 4 nitrogen and oxygen atoms in total. The van der Waals surface area contributed by atoms with Crippen LogP contribution in [-0.4, -0.2) is 20.6 Å². The fourth-order valence-corrected chi connectivity index (χ4v) is 2.73. The van der Waals surface area contributed by atoms with Crippen molar-refractivity contribution in [2.45, 2.75) is 45.1 Å². The number of aryl methyl sites for hydroxylation is 1. The van der Waals surface area contributed by atoms with E-state index < -0.39 is 5.97 Å². The first-order valence-electron chi connectivity index (χ1n) is 6.95. The van der Waals surface area contributed by atoms with E-state index in [1.54, 1.807) is 12.1 Å². The molecule has 1 saturated carbocycles. The molecule has 100 valence electrons. The first kappa shape index (κ1) is 12.2. The predicted octanol–water partition coefficient (Wildman–Crippen LogP) is 3.41. The summed E-state index contributed by atoms with van der Waals surface area (Å²) in [5, 5.41) is 9.06. The summed E-state index contributed by atoms with van der Waals surface area (Å²) in [6.07, 6.45) is 5.71. The summed E-state index contributed by atoms with van der Waals surface area (Å²) in [6.45, 7) is 2.15. The number of nitrogens with zero attached hydrogens (tertiary/aromatic N) is 2. The summed E-state index contributed by atoms with van der Waals surface area (Å²) in [5.74, 6) is 0.210. The lowest BCUT2D eigenvalue weighted by molar-refractivity contribution is 0.0697. The van der Waals surface area contributed by atoms with Gasteiger partial charge in [0.25, 0.3) is 0 Å². The molecule has 1 aromatic carbocycles. The first-order chi connectivity index (χ1) is 9.20. The monoisotopic (exact) mass is 258 g/mol. The minimum Gasteiger partial charge on any atom is -0.478 e. The van der Waals surface area contributed by atoms with E-state index in [-0.39, 0.29) is 0 Å². The van der Waals surface area contributed by atoms with E-state index in [4.69, 9.17) is 5.11 Å². The third-order valence-corrected chi connectivity index (χ3v) is 3.92. The van der Waals surface area contributed by atoms with Crippen LogP contribution in [0.2, 0.25) is 0 Å². The van der Waals surface area contributed by atoms with Crippen LogP contribution >= 0.6 is 0 Å². The molecule has 1 fully saturated rings. The summed E-state index contributed by atoms with van der Waals surface area (Å²) in [6, 6.07) is 5.83. The number of imidazole rings is 1. The van der Waals surface area contributed by atoms with E-state index in [1.165, 1.54) is 19.3 Å². The summed E-state index contributed by atoms with van der Waals surface area (Å²) in [7, 11) is 0. The van der Waals surface area contributed by atoms with Crippen LogP contribution in [0.5, 0.6) is 0 Å². The Kier molecular flexibility index (Phi) is 3.01. The van der Waals surface area contributed by atoms with Crippen molar-refractivity contribution in [3.8, 4) is 0 Å². The van der Waals surface area contributed by atoms with E-state index in [0.29, 0.717) is 11.6 Å². The Balaban J connectivity index is 2.14. The molecule has 4 heteroatoms. The predicted molar refractivity (Wildman–Crippen MR) is 73.6 cm³/mol. The molecule has 0 bridgehead atoms. The molecule has 19 heavy (non-hydrogen) atoms. The molecule has 1 aliphatic rings. The van der Waals surface area contributed by atoms with E-state index in [1.807, 2.05) is 6.07 Å². The number of hydrogen-bond acceptors (Lipinski definition) is 2. The number of carboxylic acids is 1. The van der Waals surface area contributed by atoms with Crippen LogP contribution in [0.25, 0.3) is 11.0 Å². The lowest BCUT2D eigenvalue weighted by Gasteiger charge is -2.29. The van der Waals surface area contributed by atoms with Crippen molar-refractivity contribution in [2.24, 2.45) is 0 Å². The van der Waals surface area contributed by atoms with E-state index in [0.717, 1.165) is 29.7 Å². The van der Waals surface area contributed by atoms with Crippen molar-refractivity contribution in [1.29, 1.82) is 0 Å². The van der Waals surface area contributed by atoms with Crippen molar-refractivity contribution in [3.63, 3.8) is 0 Å². The summed E-state index contributed by atoms with van der Waals surface area (Å²) in [5.41, 5.74) is 2.21. The highest BCUT2D eigenvalue weighted by molar-refractivity contribution is 5.92. The van der Waals surface area contributed by atoms with Crippen molar-refractivity contribution in [2.75, 3.05) is 0 Å². The first-order valence-corrected chi connectivity index (χ1v) is 6.95. The maximum Gasteiger partial charge on any atom is 0.335 e. The number of fused-ring (bicyclic) bond motifs is 1. The third kappa shape index (κ3) is 2.01. The largest absolute Gasteiger partial charge is 0.478 e.